The van der Waals surface area contributed by atoms with Crippen molar-refractivity contribution in [3.8, 4) is 22.8 Å². The van der Waals surface area contributed by atoms with Crippen LogP contribution in [0.1, 0.15) is 39.9 Å². The van der Waals surface area contributed by atoms with Crippen LogP contribution < -0.4 is 25.8 Å². The fourth-order valence-corrected chi connectivity index (χ4v) is 4.89. The molecule has 0 aliphatic carbocycles. The van der Waals surface area contributed by atoms with E-state index in [1.54, 1.807) is 37.6 Å². The number of nitrogen functional groups attached to an aromatic ring is 1. The molecule has 10 heteroatoms. The van der Waals surface area contributed by atoms with E-state index in [1.807, 2.05) is 37.3 Å². The second kappa shape index (κ2) is 12.9. The zero-order valence-electron chi connectivity index (χ0n) is 23.0. The molecule has 2 aliphatic rings. The number of methoxy groups -OCH3 is 1. The smallest absolute Gasteiger partial charge is 0.251 e. The molecule has 9 nitrogen and oxygen atoms in total. The molecule has 0 atom stereocenters. The number of hydrogen-bond acceptors (Lipinski definition) is 8. The van der Waals surface area contributed by atoms with Crippen LogP contribution in [0.15, 0.2) is 60.8 Å². The molecule has 41 heavy (non-hydrogen) atoms. The Kier molecular flexibility index (Phi) is 8.86. The highest BCUT2D eigenvalue weighted by atomic mass is 35.5. The Morgan fingerprint density at radius 3 is 2.78 bits per heavy atom. The lowest BCUT2D eigenvalue weighted by molar-refractivity contribution is 0.0945. The second-order valence-corrected chi connectivity index (χ2v) is 10.2. The molecular weight excluding hydrogens is 542 g/mol. The summed E-state index contributed by atoms with van der Waals surface area (Å²) in [6.07, 6.45) is 3.22. The van der Waals surface area contributed by atoms with Gasteiger partial charge < -0.3 is 30.6 Å². The molecule has 3 aromatic carbocycles. The second-order valence-electron chi connectivity index (χ2n) is 9.75. The Bertz CT molecular complexity index is 1560. The molecule has 3 heterocycles. The van der Waals surface area contributed by atoms with Gasteiger partial charge in [-0.15, -0.1) is 0 Å². The van der Waals surface area contributed by atoms with E-state index >= 15 is 0 Å². The van der Waals surface area contributed by atoms with Gasteiger partial charge in [-0.1, -0.05) is 11.6 Å². The Hall–Kier alpha value is -4.34. The van der Waals surface area contributed by atoms with E-state index in [-0.39, 0.29) is 12.5 Å². The highest BCUT2D eigenvalue weighted by molar-refractivity contribution is 6.31. The zero-order valence-corrected chi connectivity index (χ0v) is 23.8. The van der Waals surface area contributed by atoms with Crippen molar-refractivity contribution in [1.29, 1.82) is 0 Å². The number of aryl methyl sites for hydroxylation is 1. The number of nitrogens with two attached hydrogens (primary N) is 1. The number of carbonyl (C=O) groups excluding carboxylic acids is 1. The van der Waals surface area contributed by atoms with Gasteiger partial charge in [0.15, 0.2) is 0 Å². The van der Waals surface area contributed by atoms with Crippen LogP contribution in [0.25, 0.3) is 11.3 Å². The number of amides is 1. The van der Waals surface area contributed by atoms with Crippen LogP contribution in [0, 0.1) is 6.92 Å². The van der Waals surface area contributed by atoms with E-state index in [9.17, 15) is 4.79 Å². The maximum Gasteiger partial charge on any atom is 0.251 e. The fourth-order valence-electron chi connectivity index (χ4n) is 4.57. The first-order chi connectivity index (χ1) is 19.9. The first-order valence-electron chi connectivity index (χ1n) is 13.4. The van der Waals surface area contributed by atoms with Crippen molar-refractivity contribution in [2.75, 3.05) is 31.3 Å². The van der Waals surface area contributed by atoms with Gasteiger partial charge in [0, 0.05) is 53.0 Å². The van der Waals surface area contributed by atoms with E-state index in [4.69, 9.17) is 31.5 Å². The summed E-state index contributed by atoms with van der Waals surface area (Å²) >= 11 is 6.52. The van der Waals surface area contributed by atoms with Crippen molar-refractivity contribution >= 4 is 34.8 Å². The van der Waals surface area contributed by atoms with Crippen molar-refractivity contribution in [2.24, 2.45) is 0 Å². The van der Waals surface area contributed by atoms with Crippen LogP contribution in [0.4, 0.5) is 17.3 Å². The molecule has 0 unspecified atom stereocenters. The largest absolute Gasteiger partial charge is 0.496 e. The molecule has 212 valence electrons. The van der Waals surface area contributed by atoms with E-state index in [0.29, 0.717) is 64.7 Å². The highest BCUT2D eigenvalue weighted by Crippen LogP contribution is 2.32. The standard InChI is InChI=1S/C31H32ClN5O4/c1-19-13-25(32)24(29(14-19)39-2)18-41-28-8-6-22-15-21(28)17-40-12-4-3-10-34-30(38)20-5-7-23(26(33)16-20)27-9-11-35-31(36-22)37-27/h5-9,11,13-16H,3-4,10,12,17-18,33H2,1-2H3,(H,34,38)(H,35,36,37). The summed E-state index contributed by atoms with van der Waals surface area (Å²) in [6.45, 7) is 3.58. The molecule has 6 rings (SSSR count). The van der Waals surface area contributed by atoms with E-state index in [1.165, 1.54) is 0 Å². The molecule has 0 spiro atoms. The van der Waals surface area contributed by atoms with Gasteiger partial charge in [-0.3, -0.25) is 4.79 Å². The van der Waals surface area contributed by atoms with Gasteiger partial charge in [0.1, 0.15) is 18.1 Å². The predicted octanol–water partition coefficient (Wildman–Crippen LogP) is 6.06. The maximum absolute atomic E-state index is 12.6. The third kappa shape index (κ3) is 6.87. The van der Waals surface area contributed by atoms with Crippen LogP contribution in [-0.4, -0.2) is 36.1 Å². The fraction of sp³-hybridized carbons (Fsp3) is 0.258. The van der Waals surface area contributed by atoms with Crippen LogP contribution in [0.2, 0.25) is 5.02 Å². The molecular formula is C31H32ClN5O4. The molecule has 6 bridgehead atoms. The van der Waals surface area contributed by atoms with Gasteiger partial charge in [-0.25, -0.2) is 9.97 Å². The molecule has 0 fully saturated rings. The Morgan fingerprint density at radius 1 is 1.07 bits per heavy atom. The lowest BCUT2D eigenvalue weighted by atomic mass is 10.1. The number of hydrogen-bond donors (Lipinski definition) is 3. The maximum atomic E-state index is 12.6. The van der Waals surface area contributed by atoms with Gasteiger partial charge in [-0.05, 0) is 79.9 Å². The number of benzene rings is 3. The minimum absolute atomic E-state index is 0.171. The number of fused-ring (bicyclic) bond motifs is 9. The summed E-state index contributed by atoms with van der Waals surface area (Å²) in [5.74, 6) is 1.57. The Morgan fingerprint density at radius 2 is 1.95 bits per heavy atom. The summed E-state index contributed by atoms with van der Waals surface area (Å²) in [4.78, 5) is 21.6. The molecule has 4 aromatic rings. The number of ether oxygens (including phenoxy) is 3. The highest BCUT2D eigenvalue weighted by Gasteiger charge is 2.15. The third-order valence-electron chi connectivity index (χ3n) is 6.71. The SMILES string of the molecule is COc1cc(C)cc(Cl)c1COc1ccc2cc1COCCCCNC(=O)c1ccc(c(N)c1)-c1ccnc(n1)N2. The normalized spacial score (nSPS) is 13.8. The van der Waals surface area contributed by atoms with Gasteiger partial charge in [0.25, 0.3) is 5.91 Å². The quantitative estimate of drug-likeness (QED) is 0.252. The number of aromatic nitrogens is 2. The number of nitrogens with one attached hydrogen (secondary N) is 2. The first-order valence-corrected chi connectivity index (χ1v) is 13.7. The molecule has 1 amide bonds. The van der Waals surface area contributed by atoms with Gasteiger partial charge >= 0.3 is 0 Å². The van der Waals surface area contributed by atoms with E-state index < -0.39 is 0 Å². The Labute approximate surface area is 244 Å². The lowest BCUT2D eigenvalue weighted by Crippen LogP contribution is -2.24. The number of rotatable bonds is 4. The van der Waals surface area contributed by atoms with Crippen molar-refractivity contribution in [3.05, 3.63) is 88.1 Å². The van der Waals surface area contributed by atoms with Gasteiger partial charge in [0.2, 0.25) is 5.95 Å². The molecule has 0 saturated heterocycles. The molecule has 2 aliphatic heterocycles. The van der Waals surface area contributed by atoms with Crippen molar-refractivity contribution in [3.63, 3.8) is 0 Å². The average molecular weight is 574 g/mol. The molecule has 0 radical (unpaired) electrons. The zero-order chi connectivity index (χ0) is 28.8. The number of halogens is 1. The first kappa shape index (κ1) is 28.2. The lowest BCUT2D eigenvalue weighted by Gasteiger charge is -2.17. The van der Waals surface area contributed by atoms with Crippen molar-refractivity contribution in [2.45, 2.75) is 33.0 Å². The van der Waals surface area contributed by atoms with E-state index in [2.05, 4.69) is 20.6 Å². The number of carbonyl (C=O) groups is 1. The number of anilines is 3. The summed E-state index contributed by atoms with van der Waals surface area (Å²) < 4.78 is 17.8. The van der Waals surface area contributed by atoms with Crippen molar-refractivity contribution in [1.82, 2.24) is 15.3 Å². The topological polar surface area (TPSA) is 121 Å². The van der Waals surface area contributed by atoms with Crippen molar-refractivity contribution < 1.29 is 19.0 Å². The Balaban J connectivity index is 1.43. The summed E-state index contributed by atoms with van der Waals surface area (Å²) in [6, 6.07) is 16.5. The molecule has 1 aromatic heterocycles. The predicted molar refractivity (Wildman–Crippen MR) is 160 cm³/mol. The summed E-state index contributed by atoms with van der Waals surface area (Å²) in [7, 11) is 1.62. The van der Waals surface area contributed by atoms with Crippen LogP contribution in [0.3, 0.4) is 0 Å². The van der Waals surface area contributed by atoms with Crippen LogP contribution in [-0.2, 0) is 18.0 Å². The van der Waals surface area contributed by atoms with Gasteiger partial charge in [0.05, 0.1) is 24.4 Å². The molecule has 4 N–H and O–H groups in total. The average Bonchev–Trinajstić information content (AvgIpc) is 2.96. The van der Waals surface area contributed by atoms with Gasteiger partial charge in [-0.2, -0.15) is 0 Å². The van der Waals surface area contributed by atoms with Crippen LogP contribution in [0.5, 0.6) is 11.5 Å². The number of nitrogens with zero attached hydrogens (tertiary/aromatic N) is 2. The minimum atomic E-state index is -0.171. The van der Waals surface area contributed by atoms with Crippen LogP contribution >= 0.6 is 11.6 Å². The monoisotopic (exact) mass is 573 g/mol. The summed E-state index contributed by atoms with van der Waals surface area (Å²) in [5, 5.41) is 6.80. The minimum Gasteiger partial charge on any atom is -0.496 e. The third-order valence-corrected chi connectivity index (χ3v) is 7.05. The summed E-state index contributed by atoms with van der Waals surface area (Å²) in [5.41, 5.74) is 12.0. The molecule has 0 saturated carbocycles. The van der Waals surface area contributed by atoms with E-state index in [0.717, 1.165) is 35.2 Å².